The Hall–Kier alpha value is -1.38. The maximum atomic E-state index is 4.20. The fourth-order valence-corrected chi connectivity index (χ4v) is 1.85. The summed E-state index contributed by atoms with van der Waals surface area (Å²) in [5.74, 6) is 1.48. The summed E-state index contributed by atoms with van der Waals surface area (Å²) in [7, 11) is 0. The summed E-state index contributed by atoms with van der Waals surface area (Å²) >= 11 is 0. The molecule has 0 unspecified atom stereocenters. The average molecular weight is 189 g/mol. The van der Waals surface area contributed by atoms with E-state index in [1.54, 1.807) is 6.33 Å². The second-order valence-corrected chi connectivity index (χ2v) is 3.87. The maximum Gasteiger partial charge on any atom is 0.155 e. The van der Waals surface area contributed by atoms with E-state index < -0.39 is 0 Å². The minimum atomic E-state index is 0.583. The topological polar surface area (TPSA) is 41.6 Å². The molecule has 1 aliphatic carbocycles. The molecule has 0 fully saturated rings. The Labute approximate surface area is 83.9 Å². The third kappa shape index (κ3) is 1.62. The molecule has 14 heavy (non-hydrogen) atoms. The van der Waals surface area contributed by atoms with Gasteiger partial charge in [-0.15, -0.1) is 0 Å². The number of rotatable bonds is 2. The highest BCUT2D eigenvalue weighted by Crippen LogP contribution is 2.29. The van der Waals surface area contributed by atoms with Gasteiger partial charge >= 0.3 is 0 Å². The minimum Gasteiger partial charge on any atom is -0.259 e. The molecule has 2 rings (SSSR count). The molecular formula is C11H15N3. The van der Waals surface area contributed by atoms with Crippen molar-refractivity contribution in [2.75, 3.05) is 0 Å². The van der Waals surface area contributed by atoms with Crippen LogP contribution in [0.4, 0.5) is 0 Å². The molecule has 1 aliphatic rings. The number of hydrogen-bond donors (Lipinski definition) is 1. The Morgan fingerprint density at radius 3 is 2.93 bits per heavy atom. The van der Waals surface area contributed by atoms with E-state index in [1.165, 1.54) is 11.1 Å². The zero-order valence-electron chi connectivity index (χ0n) is 8.62. The van der Waals surface area contributed by atoms with Gasteiger partial charge in [-0.3, -0.25) is 5.10 Å². The van der Waals surface area contributed by atoms with Gasteiger partial charge in [-0.25, -0.2) is 4.98 Å². The van der Waals surface area contributed by atoms with E-state index in [0.717, 1.165) is 18.7 Å². The molecule has 1 heterocycles. The van der Waals surface area contributed by atoms with Gasteiger partial charge in [-0.05, 0) is 18.8 Å². The second kappa shape index (κ2) is 3.78. The summed E-state index contributed by atoms with van der Waals surface area (Å²) in [6, 6.07) is 0. The molecule has 74 valence electrons. The summed E-state index contributed by atoms with van der Waals surface area (Å²) in [5.41, 5.74) is 2.70. The summed E-state index contributed by atoms with van der Waals surface area (Å²) in [6.45, 7) is 4.45. The van der Waals surface area contributed by atoms with Gasteiger partial charge in [0.1, 0.15) is 6.33 Å². The van der Waals surface area contributed by atoms with Gasteiger partial charge < -0.3 is 0 Å². The molecule has 0 bridgehead atoms. The van der Waals surface area contributed by atoms with Crippen molar-refractivity contribution >= 4 is 5.57 Å². The van der Waals surface area contributed by atoms with Crippen molar-refractivity contribution in [2.45, 2.75) is 26.7 Å². The van der Waals surface area contributed by atoms with E-state index in [9.17, 15) is 0 Å². The summed E-state index contributed by atoms with van der Waals surface area (Å²) in [6.07, 6.45) is 8.20. The molecule has 0 saturated carbocycles. The van der Waals surface area contributed by atoms with Crippen LogP contribution in [0, 0.1) is 5.92 Å². The van der Waals surface area contributed by atoms with E-state index >= 15 is 0 Å². The number of hydrogen-bond acceptors (Lipinski definition) is 2. The first kappa shape index (κ1) is 9.19. The monoisotopic (exact) mass is 189 g/mol. The second-order valence-electron chi connectivity index (χ2n) is 3.87. The van der Waals surface area contributed by atoms with Gasteiger partial charge in [0.2, 0.25) is 0 Å². The fourth-order valence-electron chi connectivity index (χ4n) is 1.85. The predicted molar refractivity (Wildman–Crippen MR) is 56.5 cm³/mol. The summed E-state index contributed by atoms with van der Waals surface area (Å²) < 4.78 is 0. The lowest BCUT2D eigenvalue weighted by molar-refractivity contribution is 0.712. The third-order valence-corrected chi connectivity index (χ3v) is 2.58. The molecule has 1 aromatic rings. The molecule has 0 radical (unpaired) electrons. The third-order valence-electron chi connectivity index (χ3n) is 2.58. The Morgan fingerprint density at radius 2 is 2.29 bits per heavy atom. The first-order chi connectivity index (χ1) is 6.79. The van der Waals surface area contributed by atoms with Crippen LogP contribution in [0.25, 0.3) is 5.57 Å². The Bertz CT molecular complexity index is 358. The SMILES string of the molecule is CC(C)C1=C(c2ncn[nH]2)C=CCC1. The predicted octanol–water partition coefficient (Wildman–Crippen LogP) is 2.56. The molecular weight excluding hydrogens is 174 g/mol. The van der Waals surface area contributed by atoms with Crippen LogP contribution in [-0.4, -0.2) is 15.2 Å². The average Bonchev–Trinajstić information content (AvgIpc) is 2.70. The molecule has 1 aromatic heterocycles. The zero-order valence-corrected chi connectivity index (χ0v) is 8.62. The number of aromatic amines is 1. The Balaban J connectivity index is 2.43. The molecule has 0 saturated heterocycles. The standard InChI is InChI=1S/C11H15N3/c1-8(2)9-5-3-4-6-10(9)11-12-7-13-14-11/h4,6-8H,3,5H2,1-2H3,(H,12,13,14). The van der Waals surface area contributed by atoms with Gasteiger partial charge in [-0.2, -0.15) is 5.10 Å². The Morgan fingerprint density at radius 1 is 1.43 bits per heavy atom. The fraction of sp³-hybridized carbons (Fsp3) is 0.455. The van der Waals surface area contributed by atoms with Gasteiger partial charge in [0.15, 0.2) is 5.82 Å². The highest BCUT2D eigenvalue weighted by molar-refractivity contribution is 5.73. The van der Waals surface area contributed by atoms with Crippen molar-refractivity contribution in [1.82, 2.24) is 15.2 Å². The number of aromatic nitrogens is 3. The van der Waals surface area contributed by atoms with Crippen molar-refractivity contribution in [3.05, 3.63) is 29.9 Å². The van der Waals surface area contributed by atoms with Crippen molar-refractivity contribution in [2.24, 2.45) is 5.92 Å². The van der Waals surface area contributed by atoms with E-state index in [4.69, 9.17) is 0 Å². The van der Waals surface area contributed by atoms with E-state index in [0.29, 0.717) is 5.92 Å². The molecule has 1 N–H and O–H groups in total. The van der Waals surface area contributed by atoms with Crippen molar-refractivity contribution < 1.29 is 0 Å². The molecule has 3 nitrogen and oxygen atoms in total. The normalized spacial score (nSPS) is 16.8. The molecule has 0 amide bonds. The largest absolute Gasteiger partial charge is 0.259 e. The molecule has 0 aliphatic heterocycles. The molecule has 3 heteroatoms. The van der Waals surface area contributed by atoms with Crippen molar-refractivity contribution in [3.8, 4) is 0 Å². The lowest BCUT2D eigenvalue weighted by Crippen LogP contribution is -2.02. The minimum absolute atomic E-state index is 0.583. The zero-order chi connectivity index (χ0) is 9.97. The maximum absolute atomic E-state index is 4.20. The van der Waals surface area contributed by atoms with E-state index in [2.05, 4.69) is 41.2 Å². The quantitative estimate of drug-likeness (QED) is 0.776. The van der Waals surface area contributed by atoms with E-state index in [1.807, 2.05) is 0 Å². The molecule has 0 atom stereocenters. The number of nitrogens with one attached hydrogen (secondary N) is 1. The van der Waals surface area contributed by atoms with Gasteiger partial charge in [0.05, 0.1) is 0 Å². The van der Waals surface area contributed by atoms with Crippen LogP contribution in [0.15, 0.2) is 24.1 Å². The first-order valence-electron chi connectivity index (χ1n) is 5.04. The number of H-pyrrole nitrogens is 1. The highest BCUT2D eigenvalue weighted by Gasteiger charge is 2.14. The van der Waals surface area contributed by atoms with Crippen LogP contribution >= 0.6 is 0 Å². The Kier molecular flexibility index (Phi) is 2.48. The van der Waals surface area contributed by atoms with E-state index in [-0.39, 0.29) is 0 Å². The van der Waals surface area contributed by atoms with Gasteiger partial charge in [0.25, 0.3) is 0 Å². The number of nitrogens with zero attached hydrogens (tertiary/aromatic N) is 2. The van der Waals surface area contributed by atoms with Crippen molar-refractivity contribution in [3.63, 3.8) is 0 Å². The van der Waals surface area contributed by atoms with Crippen LogP contribution in [-0.2, 0) is 0 Å². The van der Waals surface area contributed by atoms with Crippen LogP contribution in [0.5, 0.6) is 0 Å². The first-order valence-corrected chi connectivity index (χ1v) is 5.04. The summed E-state index contributed by atoms with van der Waals surface area (Å²) in [5, 5.41) is 6.81. The van der Waals surface area contributed by atoms with Crippen LogP contribution < -0.4 is 0 Å². The molecule has 0 spiro atoms. The van der Waals surface area contributed by atoms with Gasteiger partial charge in [0, 0.05) is 5.57 Å². The van der Waals surface area contributed by atoms with Crippen molar-refractivity contribution in [1.29, 1.82) is 0 Å². The van der Waals surface area contributed by atoms with Gasteiger partial charge in [-0.1, -0.05) is 31.6 Å². The summed E-state index contributed by atoms with van der Waals surface area (Å²) in [4.78, 5) is 4.20. The highest BCUT2D eigenvalue weighted by atomic mass is 15.2. The number of allylic oxidation sites excluding steroid dienone is 4. The lowest BCUT2D eigenvalue weighted by Gasteiger charge is -2.17. The van der Waals surface area contributed by atoms with Crippen LogP contribution in [0.3, 0.4) is 0 Å². The molecule has 0 aromatic carbocycles. The lowest BCUT2D eigenvalue weighted by atomic mass is 9.89. The van der Waals surface area contributed by atoms with Crippen LogP contribution in [0.2, 0.25) is 0 Å². The van der Waals surface area contributed by atoms with Crippen LogP contribution in [0.1, 0.15) is 32.5 Å². The smallest absolute Gasteiger partial charge is 0.155 e.